The van der Waals surface area contributed by atoms with Crippen LogP contribution in [0.2, 0.25) is 0 Å². The van der Waals surface area contributed by atoms with Crippen LogP contribution < -0.4 is 5.73 Å². The summed E-state index contributed by atoms with van der Waals surface area (Å²) in [6, 6.07) is 0.302. The molecule has 0 amide bonds. The topological polar surface area (TPSA) is 47.1 Å². The number of hydrogen-bond donors (Lipinski definition) is 1. The van der Waals surface area contributed by atoms with Gasteiger partial charge in [0.05, 0.1) is 18.1 Å². The van der Waals surface area contributed by atoms with Gasteiger partial charge in [0, 0.05) is 25.8 Å². The zero-order chi connectivity index (χ0) is 14.1. The number of aromatic nitrogens is 2. The van der Waals surface area contributed by atoms with Crippen molar-refractivity contribution in [2.75, 3.05) is 20.1 Å². The van der Waals surface area contributed by atoms with Crippen molar-refractivity contribution in [3.8, 4) is 0 Å². The normalized spacial score (nSPS) is 30.3. The second kappa shape index (κ2) is 5.86. The molecule has 20 heavy (non-hydrogen) atoms. The molecule has 2 fully saturated rings. The number of likely N-dealkylation sites (N-methyl/N-ethyl adjacent to an activating group) is 1. The Morgan fingerprint density at radius 1 is 1.45 bits per heavy atom. The van der Waals surface area contributed by atoms with E-state index in [0.717, 1.165) is 24.3 Å². The summed E-state index contributed by atoms with van der Waals surface area (Å²) >= 11 is 0. The third kappa shape index (κ3) is 2.51. The molecule has 2 bridgehead atoms. The van der Waals surface area contributed by atoms with Gasteiger partial charge in [-0.3, -0.25) is 4.90 Å². The van der Waals surface area contributed by atoms with Crippen LogP contribution in [-0.4, -0.2) is 34.6 Å². The quantitative estimate of drug-likeness (QED) is 0.867. The predicted octanol–water partition coefficient (Wildman–Crippen LogP) is 2.27. The van der Waals surface area contributed by atoms with E-state index in [1.807, 2.05) is 12.5 Å². The Hall–Kier alpha value is -0.870. The third-order valence-corrected chi connectivity index (χ3v) is 5.59. The van der Waals surface area contributed by atoms with Crippen LogP contribution in [0.4, 0.5) is 0 Å². The van der Waals surface area contributed by atoms with Gasteiger partial charge in [0.2, 0.25) is 0 Å². The van der Waals surface area contributed by atoms with Gasteiger partial charge in [0.25, 0.3) is 0 Å². The second-order valence-electron chi connectivity index (χ2n) is 6.73. The highest BCUT2D eigenvalue weighted by atomic mass is 15.2. The van der Waals surface area contributed by atoms with Crippen LogP contribution in [0.25, 0.3) is 0 Å². The Morgan fingerprint density at radius 2 is 2.30 bits per heavy atom. The summed E-state index contributed by atoms with van der Waals surface area (Å²) < 4.78 is 2.22. The number of aryl methyl sites for hydroxylation is 1. The predicted molar refractivity (Wildman–Crippen MR) is 81.3 cm³/mol. The van der Waals surface area contributed by atoms with Gasteiger partial charge in [-0.15, -0.1) is 0 Å². The van der Waals surface area contributed by atoms with Crippen molar-refractivity contribution in [3.05, 3.63) is 18.2 Å². The summed E-state index contributed by atoms with van der Waals surface area (Å²) in [6.07, 6.45) is 9.77. The van der Waals surface area contributed by atoms with Crippen LogP contribution >= 0.6 is 0 Å². The molecule has 2 aliphatic carbocycles. The van der Waals surface area contributed by atoms with E-state index in [9.17, 15) is 0 Å². The molecule has 0 radical (unpaired) electrons. The lowest BCUT2D eigenvalue weighted by molar-refractivity contribution is 0.171. The second-order valence-corrected chi connectivity index (χ2v) is 6.73. The van der Waals surface area contributed by atoms with Crippen LogP contribution in [-0.2, 0) is 6.54 Å². The molecule has 4 atom stereocenters. The van der Waals surface area contributed by atoms with E-state index < -0.39 is 0 Å². The highest BCUT2D eigenvalue weighted by molar-refractivity contribution is 5.06. The summed E-state index contributed by atoms with van der Waals surface area (Å²) in [4.78, 5) is 6.76. The van der Waals surface area contributed by atoms with Gasteiger partial charge in [-0.1, -0.05) is 6.42 Å². The molecular formula is C16H28N4. The zero-order valence-electron chi connectivity index (χ0n) is 12.8. The number of imidazole rings is 1. The first-order chi connectivity index (χ1) is 9.72. The number of nitrogens with two attached hydrogens (primary N) is 1. The molecule has 4 nitrogen and oxygen atoms in total. The lowest BCUT2D eigenvalue weighted by Crippen LogP contribution is -2.36. The smallest absolute Gasteiger partial charge is 0.0948 e. The van der Waals surface area contributed by atoms with Crippen molar-refractivity contribution in [1.29, 1.82) is 0 Å². The van der Waals surface area contributed by atoms with Gasteiger partial charge >= 0.3 is 0 Å². The van der Waals surface area contributed by atoms with Gasteiger partial charge in [-0.25, -0.2) is 4.98 Å². The summed E-state index contributed by atoms with van der Waals surface area (Å²) in [5.41, 5.74) is 7.32. The summed E-state index contributed by atoms with van der Waals surface area (Å²) in [6.45, 7) is 4.99. The maximum atomic E-state index is 6.06. The van der Waals surface area contributed by atoms with Crippen molar-refractivity contribution in [3.63, 3.8) is 0 Å². The maximum Gasteiger partial charge on any atom is 0.0948 e. The van der Waals surface area contributed by atoms with Crippen LogP contribution in [0.15, 0.2) is 12.5 Å². The van der Waals surface area contributed by atoms with Crippen LogP contribution in [0.5, 0.6) is 0 Å². The Labute approximate surface area is 122 Å². The van der Waals surface area contributed by atoms with Gasteiger partial charge in [0.1, 0.15) is 0 Å². The Bertz CT molecular complexity index is 441. The minimum absolute atomic E-state index is 0.302. The van der Waals surface area contributed by atoms with Crippen molar-refractivity contribution in [1.82, 2.24) is 14.5 Å². The molecule has 3 rings (SSSR count). The number of nitrogens with zero attached hydrogens (tertiary/aromatic N) is 3. The first kappa shape index (κ1) is 14.1. The standard InChI is InChI=1S/C16H28N4/c1-3-20-11-18-9-16(20)15(8-17)19(2)10-14-7-12-4-5-13(14)6-12/h9,11-15H,3-8,10,17H2,1-2H3. The molecule has 2 aliphatic rings. The van der Waals surface area contributed by atoms with Crippen LogP contribution in [0.3, 0.4) is 0 Å². The molecule has 1 heterocycles. The van der Waals surface area contributed by atoms with Crippen LogP contribution in [0.1, 0.15) is 44.3 Å². The fourth-order valence-electron chi connectivity index (χ4n) is 4.50. The minimum atomic E-state index is 0.302. The highest BCUT2D eigenvalue weighted by Gasteiger charge is 2.40. The molecule has 0 aromatic carbocycles. The van der Waals surface area contributed by atoms with E-state index in [0.29, 0.717) is 12.6 Å². The Morgan fingerprint density at radius 3 is 2.90 bits per heavy atom. The first-order valence-electron chi connectivity index (χ1n) is 8.13. The molecule has 1 aromatic heterocycles. The molecule has 2 N–H and O–H groups in total. The Kier molecular flexibility index (Phi) is 4.13. The largest absolute Gasteiger partial charge is 0.333 e. The molecule has 0 saturated heterocycles. The summed E-state index contributed by atoms with van der Waals surface area (Å²) in [5, 5.41) is 0. The summed E-state index contributed by atoms with van der Waals surface area (Å²) in [5.74, 6) is 2.90. The van der Waals surface area contributed by atoms with Gasteiger partial charge in [-0.2, -0.15) is 0 Å². The van der Waals surface area contributed by atoms with Gasteiger partial charge in [0.15, 0.2) is 0 Å². The highest BCUT2D eigenvalue weighted by Crippen LogP contribution is 2.48. The molecular weight excluding hydrogens is 248 g/mol. The fraction of sp³-hybridized carbons (Fsp3) is 0.812. The minimum Gasteiger partial charge on any atom is -0.333 e. The van der Waals surface area contributed by atoms with E-state index in [4.69, 9.17) is 5.73 Å². The maximum absolute atomic E-state index is 6.06. The SMILES string of the molecule is CCn1cncc1C(CN)N(C)CC1CC2CCC1C2. The molecule has 4 unspecified atom stereocenters. The number of fused-ring (bicyclic) bond motifs is 2. The summed E-state index contributed by atoms with van der Waals surface area (Å²) in [7, 11) is 2.23. The molecule has 4 heteroatoms. The van der Waals surface area contributed by atoms with E-state index in [2.05, 4.69) is 28.4 Å². The van der Waals surface area contributed by atoms with E-state index >= 15 is 0 Å². The fourth-order valence-corrected chi connectivity index (χ4v) is 4.50. The van der Waals surface area contributed by atoms with Gasteiger partial charge in [-0.05, 0) is 51.0 Å². The number of hydrogen-bond acceptors (Lipinski definition) is 3. The van der Waals surface area contributed by atoms with Crippen molar-refractivity contribution < 1.29 is 0 Å². The molecule has 0 spiro atoms. The van der Waals surface area contributed by atoms with E-state index in [1.54, 1.807) is 0 Å². The van der Waals surface area contributed by atoms with Gasteiger partial charge < -0.3 is 10.3 Å². The lowest BCUT2D eigenvalue weighted by atomic mass is 9.88. The molecule has 2 saturated carbocycles. The van der Waals surface area contributed by atoms with Crippen molar-refractivity contribution in [2.24, 2.45) is 23.5 Å². The van der Waals surface area contributed by atoms with Crippen molar-refractivity contribution >= 4 is 0 Å². The van der Waals surface area contributed by atoms with Crippen LogP contribution in [0, 0.1) is 17.8 Å². The van der Waals surface area contributed by atoms with E-state index in [1.165, 1.54) is 37.9 Å². The first-order valence-corrected chi connectivity index (χ1v) is 8.13. The Balaban J connectivity index is 1.66. The lowest BCUT2D eigenvalue weighted by Gasteiger charge is -2.32. The molecule has 0 aliphatic heterocycles. The molecule has 112 valence electrons. The van der Waals surface area contributed by atoms with Crippen molar-refractivity contribution in [2.45, 2.75) is 45.2 Å². The average molecular weight is 276 g/mol. The number of rotatable bonds is 6. The zero-order valence-corrected chi connectivity index (χ0v) is 12.8. The average Bonchev–Trinajstić information content (AvgIpc) is 3.14. The molecule has 1 aromatic rings. The third-order valence-electron chi connectivity index (χ3n) is 5.59. The monoisotopic (exact) mass is 276 g/mol. The van der Waals surface area contributed by atoms with E-state index in [-0.39, 0.29) is 0 Å².